The molecule has 1 atom stereocenters. The molecule has 0 bridgehead atoms. The fourth-order valence-corrected chi connectivity index (χ4v) is 2.37. The van der Waals surface area contributed by atoms with Crippen molar-refractivity contribution >= 4 is 11.8 Å². The lowest BCUT2D eigenvalue weighted by Gasteiger charge is -2.45. The zero-order valence-corrected chi connectivity index (χ0v) is 13.0. The monoisotopic (exact) mass is 269 g/mol. The SMILES string of the molecule is CC(=O)N1CCN(C(C)(C)C)CC1C(=O)NC(C)C. The Morgan fingerprint density at radius 1 is 1.21 bits per heavy atom. The fourth-order valence-electron chi connectivity index (χ4n) is 2.37. The van der Waals surface area contributed by atoms with Crippen LogP contribution in [0.15, 0.2) is 0 Å². The van der Waals surface area contributed by atoms with Gasteiger partial charge in [0.05, 0.1) is 0 Å². The van der Waals surface area contributed by atoms with Crippen LogP contribution in [0.1, 0.15) is 41.5 Å². The summed E-state index contributed by atoms with van der Waals surface area (Å²) < 4.78 is 0. The summed E-state index contributed by atoms with van der Waals surface area (Å²) in [6, 6.07) is -0.292. The fraction of sp³-hybridized carbons (Fsp3) is 0.857. The van der Waals surface area contributed by atoms with E-state index >= 15 is 0 Å². The molecule has 0 saturated carbocycles. The Kier molecular flexibility index (Phi) is 4.96. The predicted molar refractivity (Wildman–Crippen MR) is 75.8 cm³/mol. The summed E-state index contributed by atoms with van der Waals surface area (Å²) >= 11 is 0. The van der Waals surface area contributed by atoms with Crippen LogP contribution in [0.3, 0.4) is 0 Å². The predicted octanol–water partition coefficient (Wildman–Crippen LogP) is 0.842. The van der Waals surface area contributed by atoms with Crippen LogP contribution in [0.5, 0.6) is 0 Å². The minimum atomic E-state index is -0.382. The molecule has 0 aromatic carbocycles. The highest BCUT2D eigenvalue weighted by molar-refractivity contribution is 5.87. The van der Waals surface area contributed by atoms with Crippen molar-refractivity contribution in [3.63, 3.8) is 0 Å². The van der Waals surface area contributed by atoms with Crippen LogP contribution in [0.2, 0.25) is 0 Å². The molecule has 1 rings (SSSR count). The second-order valence-electron chi connectivity index (χ2n) is 6.51. The summed E-state index contributed by atoms with van der Waals surface area (Å²) in [5, 5.41) is 2.91. The summed E-state index contributed by atoms with van der Waals surface area (Å²) in [4.78, 5) is 27.9. The van der Waals surface area contributed by atoms with Crippen LogP contribution in [-0.4, -0.2) is 58.9 Å². The van der Waals surface area contributed by atoms with Gasteiger partial charge in [0.25, 0.3) is 0 Å². The highest BCUT2D eigenvalue weighted by Gasteiger charge is 2.37. The maximum Gasteiger partial charge on any atom is 0.244 e. The Labute approximate surface area is 116 Å². The number of nitrogens with one attached hydrogen (secondary N) is 1. The molecule has 2 amide bonds. The molecule has 1 N–H and O–H groups in total. The van der Waals surface area contributed by atoms with Gasteiger partial charge in [0, 0.05) is 38.1 Å². The third-order valence-corrected chi connectivity index (χ3v) is 3.47. The van der Waals surface area contributed by atoms with Crippen molar-refractivity contribution in [1.29, 1.82) is 0 Å². The molecule has 5 nitrogen and oxygen atoms in total. The summed E-state index contributed by atoms with van der Waals surface area (Å²) in [6.45, 7) is 13.8. The van der Waals surface area contributed by atoms with Crippen LogP contribution < -0.4 is 5.32 Å². The van der Waals surface area contributed by atoms with Crippen LogP contribution in [-0.2, 0) is 9.59 Å². The van der Waals surface area contributed by atoms with Crippen LogP contribution in [0, 0.1) is 0 Å². The van der Waals surface area contributed by atoms with Gasteiger partial charge in [-0.25, -0.2) is 0 Å². The minimum absolute atomic E-state index is 0.0131. The minimum Gasteiger partial charge on any atom is -0.352 e. The van der Waals surface area contributed by atoms with Gasteiger partial charge in [0.2, 0.25) is 11.8 Å². The molecule has 0 aliphatic carbocycles. The molecule has 1 aliphatic rings. The second-order valence-corrected chi connectivity index (χ2v) is 6.51. The van der Waals surface area contributed by atoms with E-state index in [0.29, 0.717) is 13.1 Å². The molecule has 19 heavy (non-hydrogen) atoms. The number of nitrogens with zero attached hydrogens (tertiary/aromatic N) is 2. The highest BCUT2D eigenvalue weighted by Crippen LogP contribution is 2.19. The highest BCUT2D eigenvalue weighted by atomic mass is 16.2. The van der Waals surface area contributed by atoms with Gasteiger partial charge >= 0.3 is 0 Å². The Balaban J connectivity index is 2.85. The maximum absolute atomic E-state index is 12.3. The van der Waals surface area contributed by atoms with E-state index in [-0.39, 0.29) is 29.4 Å². The average molecular weight is 269 g/mol. The Morgan fingerprint density at radius 3 is 2.21 bits per heavy atom. The van der Waals surface area contributed by atoms with Crippen LogP contribution >= 0.6 is 0 Å². The molecule has 110 valence electrons. The van der Waals surface area contributed by atoms with Crippen molar-refractivity contribution in [2.45, 2.75) is 59.2 Å². The lowest BCUT2D eigenvalue weighted by molar-refractivity contribution is -0.144. The number of piperazine rings is 1. The van der Waals surface area contributed by atoms with Crippen LogP contribution in [0.25, 0.3) is 0 Å². The van der Waals surface area contributed by atoms with E-state index in [0.717, 1.165) is 6.54 Å². The van der Waals surface area contributed by atoms with E-state index in [2.05, 4.69) is 31.0 Å². The molecule has 1 saturated heterocycles. The molecule has 0 radical (unpaired) electrons. The second kappa shape index (κ2) is 5.90. The van der Waals surface area contributed by atoms with Crippen molar-refractivity contribution in [1.82, 2.24) is 15.1 Å². The van der Waals surface area contributed by atoms with Gasteiger partial charge in [-0.15, -0.1) is 0 Å². The third-order valence-electron chi connectivity index (χ3n) is 3.47. The first-order chi connectivity index (χ1) is 8.62. The van der Waals surface area contributed by atoms with Gasteiger partial charge in [0.1, 0.15) is 6.04 Å². The van der Waals surface area contributed by atoms with Gasteiger partial charge in [-0.2, -0.15) is 0 Å². The normalized spacial score (nSPS) is 21.6. The molecule has 0 aromatic rings. The van der Waals surface area contributed by atoms with Gasteiger partial charge in [-0.05, 0) is 34.6 Å². The molecular weight excluding hydrogens is 242 g/mol. The Bertz CT molecular complexity index is 347. The van der Waals surface area contributed by atoms with E-state index in [9.17, 15) is 9.59 Å². The smallest absolute Gasteiger partial charge is 0.244 e. The summed E-state index contributed by atoms with van der Waals surface area (Å²) in [5.74, 6) is -0.0865. The van der Waals surface area contributed by atoms with Crippen molar-refractivity contribution < 1.29 is 9.59 Å². The van der Waals surface area contributed by atoms with Crippen molar-refractivity contribution in [2.75, 3.05) is 19.6 Å². The molecule has 1 aliphatic heterocycles. The first-order valence-electron chi connectivity index (χ1n) is 6.95. The molecule has 0 spiro atoms. The molecular formula is C14H27N3O2. The topological polar surface area (TPSA) is 52.7 Å². The van der Waals surface area contributed by atoms with E-state index in [1.54, 1.807) is 4.90 Å². The summed E-state index contributed by atoms with van der Waals surface area (Å²) in [7, 11) is 0. The quantitative estimate of drug-likeness (QED) is 0.808. The molecule has 1 heterocycles. The largest absolute Gasteiger partial charge is 0.352 e. The van der Waals surface area contributed by atoms with E-state index in [1.807, 2.05) is 13.8 Å². The lowest BCUT2D eigenvalue weighted by Crippen LogP contribution is -2.63. The van der Waals surface area contributed by atoms with Crippen molar-refractivity contribution in [3.8, 4) is 0 Å². The van der Waals surface area contributed by atoms with E-state index in [4.69, 9.17) is 0 Å². The number of carbonyl (C=O) groups excluding carboxylic acids is 2. The Hall–Kier alpha value is -1.10. The zero-order valence-electron chi connectivity index (χ0n) is 13.0. The summed E-state index contributed by atoms with van der Waals surface area (Å²) in [5.41, 5.74) is 0.0131. The van der Waals surface area contributed by atoms with Gasteiger partial charge in [-0.1, -0.05) is 0 Å². The third kappa shape index (κ3) is 4.20. The Morgan fingerprint density at radius 2 is 1.79 bits per heavy atom. The van der Waals surface area contributed by atoms with Gasteiger partial charge < -0.3 is 10.2 Å². The maximum atomic E-state index is 12.3. The first kappa shape index (κ1) is 16.0. The number of rotatable bonds is 2. The average Bonchev–Trinajstić information content (AvgIpc) is 2.25. The van der Waals surface area contributed by atoms with Gasteiger partial charge in [-0.3, -0.25) is 14.5 Å². The van der Waals surface area contributed by atoms with Crippen LogP contribution in [0.4, 0.5) is 0 Å². The van der Waals surface area contributed by atoms with E-state index < -0.39 is 0 Å². The van der Waals surface area contributed by atoms with Gasteiger partial charge in [0.15, 0.2) is 0 Å². The molecule has 5 heteroatoms. The van der Waals surface area contributed by atoms with Crippen molar-refractivity contribution in [2.24, 2.45) is 0 Å². The molecule has 1 unspecified atom stereocenters. The first-order valence-corrected chi connectivity index (χ1v) is 6.95. The number of hydrogen-bond donors (Lipinski definition) is 1. The zero-order chi connectivity index (χ0) is 14.8. The summed E-state index contributed by atoms with van der Waals surface area (Å²) in [6.07, 6.45) is 0. The van der Waals surface area contributed by atoms with E-state index in [1.165, 1.54) is 6.92 Å². The van der Waals surface area contributed by atoms with Crippen molar-refractivity contribution in [3.05, 3.63) is 0 Å². The number of carbonyl (C=O) groups is 2. The molecule has 1 fully saturated rings. The molecule has 0 aromatic heterocycles. The standard InChI is InChI=1S/C14H27N3O2/c1-10(2)15-13(19)12-9-16(14(4,5)6)7-8-17(12)11(3)18/h10,12H,7-9H2,1-6H3,(H,15,19). The number of hydrogen-bond acceptors (Lipinski definition) is 3. The lowest BCUT2D eigenvalue weighted by atomic mass is 10.0. The number of amides is 2.